The van der Waals surface area contributed by atoms with Gasteiger partial charge in [-0.05, 0) is 31.9 Å². The van der Waals surface area contributed by atoms with Crippen molar-refractivity contribution in [3.63, 3.8) is 0 Å². The highest BCUT2D eigenvalue weighted by Gasteiger charge is 2.19. The number of aryl methyl sites for hydroxylation is 2. The Hall–Kier alpha value is -2.21. The van der Waals surface area contributed by atoms with Gasteiger partial charge in [0, 0.05) is 54.5 Å². The number of hydrogen-bond acceptors (Lipinski definition) is 6. The minimum atomic E-state index is 0.869. The van der Waals surface area contributed by atoms with Crippen LogP contribution in [0.15, 0.2) is 30.3 Å². The summed E-state index contributed by atoms with van der Waals surface area (Å²) >= 11 is 1.51. The van der Waals surface area contributed by atoms with Gasteiger partial charge in [-0.25, -0.2) is 4.98 Å². The largest absolute Gasteiger partial charge is 0.369 e. The second-order valence-corrected chi connectivity index (χ2v) is 7.19. The number of aromatic nitrogens is 3. The third-order valence-corrected chi connectivity index (χ3v) is 5.60. The predicted octanol–water partition coefficient (Wildman–Crippen LogP) is 3.67. The van der Waals surface area contributed by atoms with E-state index in [4.69, 9.17) is 4.98 Å². The van der Waals surface area contributed by atoms with Gasteiger partial charge in [-0.2, -0.15) is 4.37 Å². The first kappa shape index (κ1) is 16.3. The zero-order chi connectivity index (χ0) is 17.2. The summed E-state index contributed by atoms with van der Waals surface area (Å²) in [5, 5.41) is 2.30. The summed E-state index contributed by atoms with van der Waals surface area (Å²) < 4.78 is 4.33. The Morgan fingerprint density at radius 3 is 2.64 bits per heavy atom. The Bertz CT molecular complexity index is 875. The molecule has 0 atom stereocenters. The van der Waals surface area contributed by atoms with Gasteiger partial charge in [-0.3, -0.25) is 4.98 Å². The van der Waals surface area contributed by atoms with E-state index in [-0.39, 0.29) is 0 Å². The van der Waals surface area contributed by atoms with Crippen LogP contribution in [0.1, 0.15) is 24.9 Å². The molecule has 1 aliphatic heterocycles. The van der Waals surface area contributed by atoms with Crippen LogP contribution in [0.3, 0.4) is 0 Å². The molecule has 1 saturated heterocycles. The molecule has 5 nitrogen and oxygen atoms in total. The van der Waals surface area contributed by atoms with Crippen LogP contribution in [0.25, 0.3) is 10.9 Å². The van der Waals surface area contributed by atoms with Gasteiger partial charge < -0.3 is 9.80 Å². The van der Waals surface area contributed by atoms with Crippen molar-refractivity contribution in [2.24, 2.45) is 0 Å². The van der Waals surface area contributed by atoms with Crippen molar-refractivity contribution in [3.8, 4) is 0 Å². The van der Waals surface area contributed by atoms with Crippen LogP contribution in [0.5, 0.6) is 0 Å². The van der Waals surface area contributed by atoms with E-state index in [9.17, 15) is 0 Å². The van der Waals surface area contributed by atoms with Gasteiger partial charge in [0.25, 0.3) is 0 Å². The second-order valence-electron chi connectivity index (χ2n) is 6.46. The lowest BCUT2D eigenvalue weighted by Gasteiger charge is -2.25. The third kappa shape index (κ3) is 3.31. The quantitative estimate of drug-likeness (QED) is 0.719. The molecule has 25 heavy (non-hydrogen) atoms. The number of benzene rings is 1. The minimum absolute atomic E-state index is 0.869. The first-order valence-electron chi connectivity index (χ1n) is 8.93. The highest BCUT2D eigenvalue weighted by atomic mass is 32.1. The van der Waals surface area contributed by atoms with Crippen molar-refractivity contribution in [2.45, 2.75) is 26.7 Å². The number of anilines is 2. The fourth-order valence-electron chi connectivity index (χ4n) is 3.42. The lowest BCUT2D eigenvalue weighted by Crippen LogP contribution is -2.30. The summed E-state index contributed by atoms with van der Waals surface area (Å²) in [4.78, 5) is 14.2. The summed E-state index contributed by atoms with van der Waals surface area (Å²) in [6.07, 6.45) is 2.08. The van der Waals surface area contributed by atoms with E-state index in [1.807, 2.05) is 6.92 Å². The number of hydrogen-bond donors (Lipinski definition) is 0. The number of nitrogens with zero attached hydrogens (tertiary/aromatic N) is 5. The van der Waals surface area contributed by atoms with Crippen LogP contribution in [-0.4, -0.2) is 40.5 Å². The summed E-state index contributed by atoms with van der Waals surface area (Å²) in [5.41, 5.74) is 3.57. The van der Waals surface area contributed by atoms with Crippen LogP contribution < -0.4 is 9.80 Å². The van der Waals surface area contributed by atoms with Crippen molar-refractivity contribution in [1.29, 1.82) is 0 Å². The minimum Gasteiger partial charge on any atom is -0.369 e. The molecule has 6 heteroatoms. The van der Waals surface area contributed by atoms with Gasteiger partial charge in [-0.1, -0.05) is 25.1 Å². The average Bonchev–Trinajstić information content (AvgIpc) is 2.93. The maximum absolute atomic E-state index is 4.78. The van der Waals surface area contributed by atoms with Gasteiger partial charge in [0.15, 0.2) is 0 Å². The second kappa shape index (κ2) is 6.96. The molecule has 0 amide bonds. The number of rotatable bonds is 3. The highest BCUT2D eigenvalue weighted by Crippen LogP contribution is 2.29. The van der Waals surface area contributed by atoms with E-state index in [2.05, 4.69) is 56.4 Å². The molecule has 3 heterocycles. The number of pyridine rings is 1. The first-order valence-corrected chi connectivity index (χ1v) is 9.71. The van der Waals surface area contributed by atoms with E-state index < -0.39 is 0 Å². The molecular formula is C19H23N5S. The van der Waals surface area contributed by atoms with Crippen molar-refractivity contribution in [1.82, 2.24) is 14.3 Å². The molecule has 1 fully saturated rings. The highest BCUT2D eigenvalue weighted by molar-refractivity contribution is 7.09. The molecular weight excluding hydrogens is 330 g/mol. The SMILES string of the molecule is CCc1cc(N2CCCN(c3nc(C)ns3)CC2)c2ccccc2n1. The molecule has 0 aliphatic carbocycles. The molecule has 4 rings (SSSR count). The van der Waals surface area contributed by atoms with Gasteiger partial charge >= 0.3 is 0 Å². The van der Waals surface area contributed by atoms with E-state index in [0.717, 1.165) is 61.2 Å². The van der Waals surface area contributed by atoms with Crippen LogP contribution in [-0.2, 0) is 6.42 Å². The molecule has 3 aromatic rings. The van der Waals surface area contributed by atoms with Gasteiger partial charge in [0.1, 0.15) is 5.82 Å². The maximum atomic E-state index is 4.78. The molecule has 1 aliphatic rings. The average molecular weight is 353 g/mol. The van der Waals surface area contributed by atoms with Crippen molar-refractivity contribution < 1.29 is 0 Å². The Labute approximate surface area is 152 Å². The Balaban J connectivity index is 1.63. The maximum Gasteiger partial charge on any atom is 0.205 e. The molecule has 0 N–H and O–H groups in total. The van der Waals surface area contributed by atoms with E-state index in [0.29, 0.717) is 0 Å². The zero-order valence-corrected chi connectivity index (χ0v) is 15.6. The lowest BCUT2D eigenvalue weighted by atomic mass is 10.1. The molecule has 0 unspecified atom stereocenters. The predicted molar refractivity (Wildman–Crippen MR) is 105 cm³/mol. The van der Waals surface area contributed by atoms with E-state index >= 15 is 0 Å². The van der Waals surface area contributed by atoms with Crippen LogP contribution in [0.4, 0.5) is 10.8 Å². The van der Waals surface area contributed by atoms with Crippen molar-refractivity contribution in [2.75, 3.05) is 36.0 Å². The summed E-state index contributed by atoms with van der Waals surface area (Å²) in [7, 11) is 0. The van der Waals surface area contributed by atoms with E-state index in [1.165, 1.54) is 22.6 Å². The summed E-state index contributed by atoms with van der Waals surface area (Å²) in [6.45, 7) is 8.20. The summed E-state index contributed by atoms with van der Waals surface area (Å²) in [5.74, 6) is 0.869. The molecule has 2 aromatic heterocycles. The smallest absolute Gasteiger partial charge is 0.205 e. The number of para-hydroxylation sites is 1. The van der Waals surface area contributed by atoms with Crippen LogP contribution in [0.2, 0.25) is 0 Å². The van der Waals surface area contributed by atoms with Gasteiger partial charge in [0.05, 0.1) is 5.52 Å². The van der Waals surface area contributed by atoms with E-state index in [1.54, 1.807) is 0 Å². The Morgan fingerprint density at radius 1 is 1.04 bits per heavy atom. The van der Waals surface area contributed by atoms with Crippen molar-refractivity contribution in [3.05, 3.63) is 41.9 Å². The van der Waals surface area contributed by atoms with Gasteiger partial charge in [0.2, 0.25) is 5.13 Å². The topological polar surface area (TPSA) is 45.2 Å². The fourth-order valence-corrected chi connectivity index (χ4v) is 4.14. The molecule has 130 valence electrons. The first-order chi connectivity index (χ1) is 12.2. The third-order valence-electron chi connectivity index (χ3n) is 4.73. The fraction of sp³-hybridized carbons (Fsp3) is 0.421. The zero-order valence-electron chi connectivity index (χ0n) is 14.8. The number of fused-ring (bicyclic) bond motifs is 1. The Morgan fingerprint density at radius 2 is 1.84 bits per heavy atom. The lowest BCUT2D eigenvalue weighted by molar-refractivity contribution is 0.803. The van der Waals surface area contributed by atoms with Crippen LogP contribution in [0, 0.1) is 6.92 Å². The standard InChI is InChI=1S/C19H23N5S/c1-3-15-13-18(16-7-4-5-8-17(16)21-15)23-9-6-10-24(12-11-23)19-20-14(2)22-25-19/h4-5,7-8,13H,3,6,9-12H2,1-2H3. The Kier molecular flexibility index (Phi) is 4.53. The summed E-state index contributed by atoms with van der Waals surface area (Å²) in [6, 6.07) is 10.8. The van der Waals surface area contributed by atoms with Gasteiger partial charge in [-0.15, -0.1) is 0 Å². The molecule has 0 radical (unpaired) electrons. The molecule has 0 bridgehead atoms. The molecule has 0 spiro atoms. The van der Waals surface area contributed by atoms with Crippen molar-refractivity contribution >= 4 is 33.3 Å². The normalized spacial score (nSPS) is 15.6. The molecule has 1 aromatic carbocycles. The molecule has 0 saturated carbocycles. The monoisotopic (exact) mass is 353 g/mol. The van der Waals surface area contributed by atoms with Crippen LogP contribution >= 0.6 is 11.5 Å².